The quantitative estimate of drug-likeness (QED) is 0.552. The van der Waals surface area contributed by atoms with Gasteiger partial charge in [0.15, 0.2) is 0 Å². The fraction of sp³-hybridized carbons (Fsp3) is 0.364. The van der Waals surface area contributed by atoms with Crippen LogP contribution in [0.2, 0.25) is 5.02 Å². The van der Waals surface area contributed by atoms with Crippen LogP contribution in [0.3, 0.4) is 0 Å². The Hall–Kier alpha value is -2.31. The van der Waals surface area contributed by atoms with Crippen molar-refractivity contribution in [3.8, 4) is 5.19 Å². The normalized spacial score (nSPS) is 14.9. The van der Waals surface area contributed by atoms with Gasteiger partial charge in [-0.1, -0.05) is 59.3 Å². The van der Waals surface area contributed by atoms with E-state index >= 15 is 0 Å². The largest absolute Gasteiger partial charge is 0.467 e. The van der Waals surface area contributed by atoms with Gasteiger partial charge >= 0.3 is 6.03 Å². The van der Waals surface area contributed by atoms with Crippen molar-refractivity contribution in [1.82, 2.24) is 15.2 Å². The molecular weight excluding hydrogens is 406 g/mol. The molecule has 0 atom stereocenters. The number of urea groups is 1. The standard InChI is InChI=1S/C22H24ClN3O2S/c23-18-9-4-10-19-20(18)25-22(29-19)28-17-11-14-26(15-12-17)21(27)24-13-5-8-16-6-2-1-3-7-16/h1-4,6-7,9-10,17H,5,8,11-15H2,(H,24,27). The first-order valence-electron chi connectivity index (χ1n) is 9.97. The number of nitrogens with zero attached hydrogens (tertiary/aromatic N) is 2. The Morgan fingerprint density at radius 2 is 1.97 bits per heavy atom. The molecule has 2 heterocycles. The molecule has 5 nitrogen and oxygen atoms in total. The average molecular weight is 430 g/mol. The summed E-state index contributed by atoms with van der Waals surface area (Å²) < 4.78 is 7.09. The Labute approximate surface area is 179 Å². The Kier molecular flexibility index (Phi) is 6.52. The third-order valence-electron chi connectivity index (χ3n) is 5.11. The lowest BCUT2D eigenvalue weighted by Gasteiger charge is -2.31. The number of amides is 2. The Balaban J connectivity index is 1.19. The highest BCUT2D eigenvalue weighted by Gasteiger charge is 2.24. The number of halogens is 1. The highest BCUT2D eigenvalue weighted by atomic mass is 35.5. The van der Waals surface area contributed by atoms with Crippen molar-refractivity contribution in [2.45, 2.75) is 31.8 Å². The van der Waals surface area contributed by atoms with Crippen LogP contribution in [-0.4, -0.2) is 41.7 Å². The van der Waals surface area contributed by atoms with Crippen LogP contribution in [0.5, 0.6) is 5.19 Å². The molecule has 4 rings (SSSR count). The fourth-order valence-electron chi connectivity index (χ4n) is 3.51. The number of ether oxygens (including phenoxy) is 1. The van der Waals surface area contributed by atoms with Crippen LogP contribution in [-0.2, 0) is 6.42 Å². The summed E-state index contributed by atoms with van der Waals surface area (Å²) in [7, 11) is 0. The topological polar surface area (TPSA) is 54.5 Å². The van der Waals surface area contributed by atoms with Crippen molar-refractivity contribution in [2.75, 3.05) is 19.6 Å². The number of thiazole rings is 1. The zero-order valence-corrected chi connectivity index (χ0v) is 17.7. The number of hydrogen-bond donors (Lipinski definition) is 1. The number of carbonyl (C=O) groups excluding carboxylic acids is 1. The second-order valence-electron chi connectivity index (χ2n) is 7.19. The van der Waals surface area contributed by atoms with Crippen LogP contribution in [0.4, 0.5) is 4.79 Å². The van der Waals surface area contributed by atoms with Crippen LogP contribution < -0.4 is 10.1 Å². The second-order valence-corrected chi connectivity index (χ2v) is 8.59. The number of para-hydroxylation sites is 1. The minimum atomic E-state index is 0.0169. The third-order valence-corrected chi connectivity index (χ3v) is 6.32. The first kappa shape index (κ1) is 20.0. The van der Waals surface area contributed by atoms with Gasteiger partial charge in [-0.2, -0.15) is 0 Å². The summed E-state index contributed by atoms with van der Waals surface area (Å²) in [6.07, 6.45) is 3.61. The van der Waals surface area contributed by atoms with E-state index < -0.39 is 0 Å². The van der Waals surface area contributed by atoms with Crippen LogP contribution in [0, 0.1) is 0 Å². The van der Waals surface area contributed by atoms with E-state index in [1.54, 1.807) is 0 Å². The molecule has 0 bridgehead atoms. The molecule has 1 aliphatic heterocycles. The number of benzene rings is 2. The van der Waals surface area contributed by atoms with Crippen molar-refractivity contribution >= 4 is 39.2 Å². The van der Waals surface area contributed by atoms with E-state index in [1.165, 1.54) is 16.9 Å². The van der Waals surface area contributed by atoms with Crippen LogP contribution in [0.25, 0.3) is 10.2 Å². The zero-order valence-electron chi connectivity index (χ0n) is 16.1. The number of fused-ring (bicyclic) bond motifs is 1. The maximum atomic E-state index is 12.4. The van der Waals surface area contributed by atoms with E-state index in [0.717, 1.165) is 35.9 Å². The average Bonchev–Trinajstić information content (AvgIpc) is 3.16. The van der Waals surface area contributed by atoms with Gasteiger partial charge in [-0.15, -0.1) is 0 Å². The van der Waals surface area contributed by atoms with Gasteiger partial charge in [-0.3, -0.25) is 0 Å². The number of aromatic nitrogens is 1. The molecule has 152 valence electrons. The summed E-state index contributed by atoms with van der Waals surface area (Å²) in [6.45, 7) is 2.08. The van der Waals surface area contributed by atoms with Crippen molar-refractivity contribution < 1.29 is 9.53 Å². The molecule has 3 aromatic rings. The van der Waals surface area contributed by atoms with Gasteiger partial charge in [0.1, 0.15) is 11.6 Å². The SMILES string of the molecule is O=C(NCCCc1ccccc1)N1CCC(Oc2nc3c(Cl)cccc3s2)CC1. The monoisotopic (exact) mass is 429 g/mol. The number of rotatable bonds is 6. The van der Waals surface area contributed by atoms with Crippen molar-refractivity contribution in [3.05, 3.63) is 59.1 Å². The van der Waals surface area contributed by atoms with Crippen LogP contribution in [0.1, 0.15) is 24.8 Å². The third kappa shape index (κ3) is 5.19. The highest BCUT2D eigenvalue weighted by Crippen LogP contribution is 2.33. The first-order chi connectivity index (χ1) is 14.2. The van der Waals surface area contributed by atoms with E-state index in [0.29, 0.717) is 29.9 Å². The van der Waals surface area contributed by atoms with Crippen molar-refractivity contribution in [2.24, 2.45) is 0 Å². The summed E-state index contributed by atoms with van der Waals surface area (Å²) in [5, 5.41) is 4.33. The van der Waals surface area contributed by atoms with Gasteiger partial charge in [0.05, 0.1) is 9.72 Å². The van der Waals surface area contributed by atoms with Crippen LogP contribution >= 0.6 is 22.9 Å². The summed E-state index contributed by atoms with van der Waals surface area (Å²) in [5.41, 5.74) is 2.09. The number of piperidine rings is 1. The molecule has 7 heteroatoms. The minimum Gasteiger partial charge on any atom is -0.467 e. The number of aryl methyl sites for hydroxylation is 1. The maximum absolute atomic E-state index is 12.4. The summed E-state index contributed by atoms with van der Waals surface area (Å²) in [6, 6.07) is 16.1. The van der Waals surface area contributed by atoms with Gasteiger partial charge in [0.25, 0.3) is 5.19 Å². The molecule has 1 aliphatic rings. The molecule has 1 N–H and O–H groups in total. The lowest BCUT2D eigenvalue weighted by Crippen LogP contribution is -2.46. The lowest BCUT2D eigenvalue weighted by molar-refractivity contribution is 0.111. The maximum Gasteiger partial charge on any atom is 0.317 e. The van der Waals surface area contributed by atoms with E-state index in [1.807, 2.05) is 41.3 Å². The predicted molar refractivity (Wildman–Crippen MR) is 118 cm³/mol. The molecule has 0 saturated carbocycles. The molecule has 0 radical (unpaired) electrons. The van der Waals surface area contributed by atoms with Gasteiger partial charge < -0.3 is 15.0 Å². The molecule has 2 aromatic carbocycles. The highest BCUT2D eigenvalue weighted by molar-refractivity contribution is 7.20. The molecule has 1 aromatic heterocycles. The Morgan fingerprint density at radius 1 is 1.17 bits per heavy atom. The van der Waals surface area contributed by atoms with Gasteiger partial charge in [0.2, 0.25) is 0 Å². The van der Waals surface area contributed by atoms with E-state index in [4.69, 9.17) is 16.3 Å². The molecular formula is C22H24ClN3O2S. The molecule has 0 spiro atoms. The Morgan fingerprint density at radius 3 is 2.72 bits per heavy atom. The molecule has 1 fully saturated rings. The summed E-state index contributed by atoms with van der Waals surface area (Å²) in [5.74, 6) is 0. The molecule has 29 heavy (non-hydrogen) atoms. The molecule has 2 amide bonds. The zero-order chi connectivity index (χ0) is 20.1. The smallest absolute Gasteiger partial charge is 0.317 e. The van der Waals surface area contributed by atoms with Crippen molar-refractivity contribution in [1.29, 1.82) is 0 Å². The lowest BCUT2D eigenvalue weighted by atomic mass is 10.1. The number of likely N-dealkylation sites (tertiary alicyclic amines) is 1. The molecule has 1 saturated heterocycles. The van der Waals surface area contributed by atoms with Gasteiger partial charge in [-0.25, -0.2) is 9.78 Å². The summed E-state index contributed by atoms with van der Waals surface area (Å²) in [4.78, 5) is 18.8. The van der Waals surface area contributed by atoms with Gasteiger partial charge in [-0.05, 0) is 30.5 Å². The van der Waals surface area contributed by atoms with E-state index in [-0.39, 0.29) is 12.1 Å². The van der Waals surface area contributed by atoms with Crippen LogP contribution in [0.15, 0.2) is 48.5 Å². The Bertz CT molecular complexity index is 955. The second kappa shape index (κ2) is 9.46. The molecule has 0 unspecified atom stereocenters. The summed E-state index contributed by atoms with van der Waals surface area (Å²) >= 11 is 7.70. The van der Waals surface area contributed by atoms with Crippen molar-refractivity contribution in [3.63, 3.8) is 0 Å². The number of hydrogen-bond acceptors (Lipinski definition) is 4. The molecule has 0 aliphatic carbocycles. The minimum absolute atomic E-state index is 0.0169. The van der Waals surface area contributed by atoms with E-state index in [2.05, 4.69) is 22.4 Å². The van der Waals surface area contributed by atoms with Gasteiger partial charge in [0, 0.05) is 32.5 Å². The fourth-order valence-corrected chi connectivity index (χ4v) is 4.69. The first-order valence-corrected chi connectivity index (χ1v) is 11.2. The number of carbonyl (C=O) groups is 1. The predicted octanol–water partition coefficient (Wildman–Crippen LogP) is 5.14. The van der Waals surface area contributed by atoms with E-state index in [9.17, 15) is 4.79 Å². The number of nitrogens with one attached hydrogen (secondary N) is 1.